The van der Waals surface area contributed by atoms with E-state index in [4.69, 9.17) is 11.6 Å². The first-order valence-corrected chi connectivity index (χ1v) is 10.9. The molecule has 4 nitrogen and oxygen atoms in total. The van der Waals surface area contributed by atoms with Crippen LogP contribution in [0.1, 0.15) is 37.2 Å². The molecule has 2 amide bonds. The van der Waals surface area contributed by atoms with Crippen molar-refractivity contribution in [3.8, 4) is 0 Å². The zero-order valence-corrected chi connectivity index (χ0v) is 18.0. The highest BCUT2D eigenvalue weighted by molar-refractivity contribution is 7.12. The van der Waals surface area contributed by atoms with Crippen LogP contribution < -0.4 is 10.6 Å². The molecule has 31 heavy (non-hydrogen) atoms. The van der Waals surface area contributed by atoms with Crippen molar-refractivity contribution in [3.05, 3.63) is 123 Å². The van der Waals surface area contributed by atoms with E-state index in [2.05, 4.69) is 10.6 Å². The number of rotatable bonds is 6. The third-order valence-electron chi connectivity index (χ3n) is 4.76. The average molecular weight is 447 g/mol. The second kappa shape index (κ2) is 9.60. The summed E-state index contributed by atoms with van der Waals surface area (Å²) in [5.74, 6) is -0.526. The number of hydrogen-bond donors (Lipinski definition) is 2. The Balaban J connectivity index is 1.59. The van der Waals surface area contributed by atoms with Gasteiger partial charge in [-0.25, -0.2) is 0 Å². The molecule has 3 aromatic carbocycles. The third kappa shape index (κ3) is 5.02. The number of amides is 2. The van der Waals surface area contributed by atoms with Crippen molar-refractivity contribution in [1.82, 2.24) is 5.32 Å². The summed E-state index contributed by atoms with van der Waals surface area (Å²) in [7, 11) is 0. The van der Waals surface area contributed by atoms with E-state index in [0.29, 0.717) is 21.2 Å². The highest BCUT2D eigenvalue weighted by atomic mass is 35.5. The van der Waals surface area contributed by atoms with E-state index in [-0.39, 0.29) is 17.9 Å². The summed E-state index contributed by atoms with van der Waals surface area (Å²) in [5, 5.41) is 8.08. The molecule has 0 aliphatic rings. The van der Waals surface area contributed by atoms with Crippen LogP contribution in [0.15, 0.2) is 96.4 Å². The van der Waals surface area contributed by atoms with Gasteiger partial charge in [0.25, 0.3) is 11.8 Å². The van der Waals surface area contributed by atoms with Crippen LogP contribution in [0.5, 0.6) is 0 Å². The second-order valence-corrected chi connectivity index (χ2v) is 8.21. The lowest BCUT2D eigenvalue weighted by molar-refractivity contribution is 0.0941. The van der Waals surface area contributed by atoms with E-state index in [1.54, 1.807) is 30.3 Å². The molecule has 4 aromatic rings. The Labute approximate surface area is 189 Å². The van der Waals surface area contributed by atoms with Crippen molar-refractivity contribution in [2.75, 3.05) is 5.32 Å². The van der Waals surface area contributed by atoms with Crippen LogP contribution in [-0.2, 0) is 0 Å². The third-order valence-corrected chi connectivity index (χ3v) is 5.96. The SMILES string of the molecule is O=C(NC(c1ccccc1)c1ccccc1)c1ccc(Cl)c(NC(=O)c2cccs2)c1. The van der Waals surface area contributed by atoms with Crippen molar-refractivity contribution in [2.24, 2.45) is 0 Å². The second-order valence-electron chi connectivity index (χ2n) is 6.85. The van der Waals surface area contributed by atoms with Crippen molar-refractivity contribution >= 4 is 40.4 Å². The molecule has 0 unspecified atom stereocenters. The molecule has 0 aliphatic carbocycles. The molecule has 0 atom stereocenters. The van der Waals surface area contributed by atoms with Gasteiger partial charge in [-0.2, -0.15) is 0 Å². The first kappa shape index (κ1) is 20.8. The maximum Gasteiger partial charge on any atom is 0.265 e. The molecular formula is C25H19ClN2O2S. The fourth-order valence-electron chi connectivity index (χ4n) is 3.22. The first-order valence-electron chi connectivity index (χ1n) is 9.67. The predicted molar refractivity (Wildman–Crippen MR) is 126 cm³/mol. The van der Waals surface area contributed by atoms with Crippen LogP contribution in [0.2, 0.25) is 5.02 Å². The monoisotopic (exact) mass is 446 g/mol. The molecule has 0 saturated heterocycles. The quantitative estimate of drug-likeness (QED) is 0.372. The van der Waals surface area contributed by atoms with E-state index in [1.165, 1.54) is 11.3 Å². The zero-order chi connectivity index (χ0) is 21.6. The lowest BCUT2D eigenvalue weighted by atomic mass is 9.98. The Bertz CT molecular complexity index is 1140. The molecule has 1 aromatic heterocycles. The van der Waals surface area contributed by atoms with Gasteiger partial charge in [0.15, 0.2) is 0 Å². The summed E-state index contributed by atoms with van der Waals surface area (Å²) in [5.41, 5.74) is 2.75. The molecule has 6 heteroatoms. The van der Waals surface area contributed by atoms with E-state index in [1.807, 2.05) is 66.0 Å². The number of carbonyl (C=O) groups excluding carboxylic acids is 2. The van der Waals surface area contributed by atoms with Gasteiger partial charge >= 0.3 is 0 Å². The Kier molecular flexibility index (Phi) is 6.46. The fraction of sp³-hybridized carbons (Fsp3) is 0.0400. The molecule has 1 heterocycles. The topological polar surface area (TPSA) is 58.2 Å². The van der Waals surface area contributed by atoms with Crippen LogP contribution in [-0.4, -0.2) is 11.8 Å². The summed E-state index contributed by atoms with van der Waals surface area (Å²) >= 11 is 7.60. The molecule has 154 valence electrons. The van der Waals surface area contributed by atoms with Crippen LogP contribution in [0.3, 0.4) is 0 Å². The summed E-state index contributed by atoms with van der Waals surface area (Å²) in [6.07, 6.45) is 0. The normalized spacial score (nSPS) is 10.6. The summed E-state index contributed by atoms with van der Waals surface area (Å²) in [4.78, 5) is 26.1. The molecule has 0 radical (unpaired) electrons. The summed E-state index contributed by atoms with van der Waals surface area (Å²) in [6.45, 7) is 0. The van der Waals surface area contributed by atoms with Gasteiger partial charge in [0.2, 0.25) is 0 Å². The van der Waals surface area contributed by atoms with Crippen LogP contribution in [0.4, 0.5) is 5.69 Å². The van der Waals surface area contributed by atoms with Gasteiger partial charge in [-0.15, -0.1) is 11.3 Å². The minimum absolute atomic E-state index is 0.263. The van der Waals surface area contributed by atoms with Crippen molar-refractivity contribution in [1.29, 1.82) is 0 Å². The van der Waals surface area contributed by atoms with Crippen molar-refractivity contribution in [3.63, 3.8) is 0 Å². The van der Waals surface area contributed by atoms with Gasteiger partial charge in [0.05, 0.1) is 21.6 Å². The van der Waals surface area contributed by atoms with Gasteiger partial charge < -0.3 is 10.6 Å². The minimum Gasteiger partial charge on any atom is -0.341 e. The highest BCUT2D eigenvalue weighted by Crippen LogP contribution is 2.26. The lowest BCUT2D eigenvalue weighted by Gasteiger charge is -2.20. The largest absolute Gasteiger partial charge is 0.341 e. The number of benzene rings is 3. The summed E-state index contributed by atoms with van der Waals surface area (Å²) in [6, 6.07) is 27.6. The predicted octanol–water partition coefficient (Wildman–Crippen LogP) is 6.17. The number of hydrogen-bond acceptors (Lipinski definition) is 3. The standard InChI is InChI=1S/C25H19ClN2O2S/c26-20-14-13-19(16-21(20)27-25(30)22-12-7-15-31-22)24(29)28-23(17-8-3-1-4-9-17)18-10-5-2-6-11-18/h1-16,23H,(H,27,30)(H,28,29). The number of anilines is 1. The smallest absolute Gasteiger partial charge is 0.265 e. The van der Waals surface area contributed by atoms with E-state index < -0.39 is 0 Å². The highest BCUT2D eigenvalue weighted by Gasteiger charge is 2.19. The molecule has 4 rings (SSSR count). The number of carbonyl (C=O) groups is 2. The molecule has 2 N–H and O–H groups in total. The zero-order valence-electron chi connectivity index (χ0n) is 16.4. The van der Waals surface area contributed by atoms with Gasteiger partial charge in [-0.1, -0.05) is 78.3 Å². The Hall–Kier alpha value is -3.41. The fourth-order valence-corrected chi connectivity index (χ4v) is 4.00. The minimum atomic E-state index is -0.310. The maximum atomic E-state index is 13.1. The Morgan fingerprint density at radius 3 is 2.00 bits per heavy atom. The average Bonchev–Trinajstić information content (AvgIpc) is 3.35. The van der Waals surface area contributed by atoms with E-state index in [9.17, 15) is 9.59 Å². The van der Waals surface area contributed by atoms with Crippen molar-refractivity contribution in [2.45, 2.75) is 6.04 Å². The number of nitrogens with one attached hydrogen (secondary N) is 2. The molecule has 0 fully saturated rings. The number of thiophene rings is 1. The van der Waals surface area contributed by atoms with Gasteiger partial charge in [0.1, 0.15) is 0 Å². The Morgan fingerprint density at radius 1 is 0.774 bits per heavy atom. The molecular weight excluding hydrogens is 428 g/mol. The van der Waals surface area contributed by atoms with Gasteiger partial charge in [-0.3, -0.25) is 9.59 Å². The molecule has 0 spiro atoms. The van der Waals surface area contributed by atoms with Gasteiger partial charge in [0, 0.05) is 5.56 Å². The Morgan fingerprint density at radius 2 is 1.42 bits per heavy atom. The van der Waals surface area contributed by atoms with E-state index >= 15 is 0 Å². The molecule has 0 bridgehead atoms. The van der Waals surface area contributed by atoms with Crippen LogP contribution in [0.25, 0.3) is 0 Å². The lowest BCUT2D eigenvalue weighted by Crippen LogP contribution is -2.29. The van der Waals surface area contributed by atoms with Gasteiger partial charge in [-0.05, 0) is 40.8 Å². The number of halogens is 1. The first-order chi connectivity index (χ1) is 15.1. The van der Waals surface area contributed by atoms with Crippen LogP contribution in [0, 0.1) is 0 Å². The maximum absolute atomic E-state index is 13.1. The molecule has 0 saturated carbocycles. The summed E-state index contributed by atoms with van der Waals surface area (Å²) < 4.78 is 0. The van der Waals surface area contributed by atoms with Crippen molar-refractivity contribution < 1.29 is 9.59 Å². The van der Waals surface area contributed by atoms with Crippen LogP contribution >= 0.6 is 22.9 Å². The van der Waals surface area contributed by atoms with E-state index in [0.717, 1.165) is 11.1 Å². The molecule has 0 aliphatic heterocycles.